The maximum Gasteiger partial charge on any atom is 0.248 e. The average Bonchev–Trinajstić information content (AvgIpc) is 2.62. The second-order valence-electron chi connectivity index (χ2n) is 5.18. The average molecular weight is 364 g/mol. The molecule has 0 bridgehead atoms. The Balaban J connectivity index is 2.07. The predicted molar refractivity (Wildman–Crippen MR) is 97.9 cm³/mol. The van der Waals surface area contributed by atoms with Gasteiger partial charge in [0.1, 0.15) is 0 Å². The summed E-state index contributed by atoms with van der Waals surface area (Å²) in [6.07, 6.45) is 3.80. The van der Waals surface area contributed by atoms with Crippen molar-refractivity contribution in [2.45, 2.75) is 13.3 Å². The molecule has 0 aromatic heterocycles. The van der Waals surface area contributed by atoms with Gasteiger partial charge in [0.2, 0.25) is 5.91 Å². The van der Waals surface area contributed by atoms with Gasteiger partial charge in [-0.05, 0) is 42.3 Å². The number of nitrogens with one attached hydrogen (secondary N) is 1. The van der Waals surface area contributed by atoms with Crippen LogP contribution in [0.1, 0.15) is 18.9 Å². The molecule has 0 aliphatic rings. The summed E-state index contributed by atoms with van der Waals surface area (Å²) in [7, 11) is 1.55. The first-order valence-electron chi connectivity index (χ1n) is 7.79. The van der Waals surface area contributed by atoms with E-state index < -0.39 is 11.7 Å². The third-order valence-electron chi connectivity index (χ3n) is 3.29. The van der Waals surface area contributed by atoms with Crippen LogP contribution in [-0.2, 0) is 4.79 Å². The van der Waals surface area contributed by atoms with Crippen molar-refractivity contribution < 1.29 is 18.7 Å². The van der Waals surface area contributed by atoms with Crippen molar-refractivity contribution in [3.05, 3.63) is 58.9 Å². The minimum atomic E-state index is -0.662. The summed E-state index contributed by atoms with van der Waals surface area (Å²) in [6.45, 7) is 2.62. The van der Waals surface area contributed by atoms with Gasteiger partial charge in [0.15, 0.2) is 17.3 Å². The molecule has 0 atom stereocenters. The Kier molecular flexibility index (Phi) is 6.83. The van der Waals surface area contributed by atoms with Crippen LogP contribution in [0.5, 0.6) is 11.5 Å². The van der Waals surface area contributed by atoms with Crippen molar-refractivity contribution in [3.8, 4) is 11.5 Å². The van der Waals surface area contributed by atoms with Crippen molar-refractivity contribution in [2.75, 3.05) is 19.0 Å². The Morgan fingerprint density at radius 3 is 2.80 bits per heavy atom. The Labute approximate surface area is 151 Å². The minimum absolute atomic E-state index is 0.0306. The largest absolute Gasteiger partial charge is 0.493 e. The first kappa shape index (κ1) is 18.8. The standard InChI is InChI=1S/C19H19ClFNO3/c1-3-11-25-16-9-7-13(12-17(16)24-2)8-10-18(23)22-15-6-4-5-14(20)19(15)21/h4-10,12H,3,11H2,1-2H3,(H,22,23)/b10-8+. The number of carbonyl (C=O) groups excluding carboxylic acids is 1. The molecule has 2 aromatic carbocycles. The van der Waals surface area contributed by atoms with Crippen LogP contribution in [0.25, 0.3) is 6.08 Å². The summed E-state index contributed by atoms with van der Waals surface area (Å²) in [5.41, 5.74) is 0.783. The molecule has 4 nitrogen and oxygen atoms in total. The van der Waals surface area contributed by atoms with Gasteiger partial charge in [0.05, 0.1) is 24.4 Å². The van der Waals surface area contributed by atoms with Crippen LogP contribution in [0.4, 0.5) is 10.1 Å². The summed E-state index contributed by atoms with van der Waals surface area (Å²) < 4.78 is 24.6. The van der Waals surface area contributed by atoms with Crippen LogP contribution in [-0.4, -0.2) is 19.6 Å². The number of amides is 1. The van der Waals surface area contributed by atoms with Gasteiger partial charge >= 0.3 is 0 Å². The van der Waals surface area contributed by atoms with Crippen LogP contribution in [0.3, 0.4) is 0 Å². The molecule has 0 spiro atoms. The third kappa shape index (κ3) is 5.22. The zero-order valence-corrected chi connectivity index (χ0v) is 14.8. The van der Waals surface area contributed by atoms with E-state index in [1.165, 1.54) is 18.2 Å². The normalized spacial score (nSPS) is 10.7. The zero-order chi connectivity index (χ0) is 18.2. The van der Waals surface area contributed by atoms with Gasteiger partial charge < -0.3 is 14.8 Å². The van der Waals surface area contributed by atoms with Gasteiger partial charge in [-0.3, -0.25) is 4.79 Å². The molecule has 1 amide bonds. The van der Waals surface area contributed by atoms with E-state index in [4.69, 9.17) is 21.1 Å². The molecule has 25 heavy (non-hydrogen) atoms. The number of benzene rings is 2. The quantitative estimate of drug-likeness (QED) is 0.709. The summed E-state index contributed by atoms with van der Waals surface area (Å²) in [5, 5.41) is 2.40. The van der Waals surface area contributed by atoms with Crippen molar-refractivity contribution in [3.63, 3.8) is 0 Å². The maximum atomic E-state index is 13.8. The second-order valence-corrected chi connectivity index (χ2v) is 5.59. The fourth-order valence-corrected chi connectivity index (χ4v) is 2.24. The molecule has 0 aliphatic heterocycles. The Morgan fingerprint density at radius 2 is 2.08 bits per heavy atom. The molecule has 0 saturated carbocycles. The van der Waals surface area contributed by atoms with E-state index >= 15 is 0 Å². The summed E-state index contributed by atoms with van der Waals surface area (Å²) in [5.74, 6) is 0.0975. The van der Waals surface area contributed by atoms with Gasteiger partial charge in [-0.1, -0.05) is 30.7 Å². The van der Waals surface area contributed by atoms with E-state index in [2.05, 4.69) is 5.32 Å². The van der Waals surface area contributed by atoms with E-state index in [1.54, 1.807) is 37.5 Å². The van der Waals surface area contributed by atoms with Crippen LogP contribution >= 0.6 is 11.6 Å². The van der Waals surface area contributed by atoms with Gasteiger partial charge in [0.25, 0.3) is 0 Å². The Morgan fingerprint density at radius 1 is 1.28 bits per heavy atom. The summed E-state index contributed by atoms with van der Waals surface area (Å²) >= 11 is 5.68. The molecule has 0 fully saturated rings. The lowest BCUT2D eigenvalue weighted by Gasteiger charge is -2.10. The molecule has 0 radical (unpaired) electrons. The first-order valence-corrected chi connectivity index (χ1v) is 8.17. The lowest BCUT2D eigenvalue weighted by molar-refractivity contribution is -0.111. The number of ether oxygens (including phenoxy) is 2. The molecule has 6 heteroatoms. The van der Waals surface area contributed by atoms with Gasteiger partial charge in [0, 0.05) is 6.08 Å². The second kappa shape index (κ2) is 9.08. The molecule has 0 heterocycles. The number of halogens is 2. The molecule has 0 aliphatic carbocycles. The Hall–Kier alpha value is -2.53. The number of anilines is 1. The zero-order valence-electron chi connectivity index (χ0n) is 14.0. The molecule has 0 saturated heterocycles. The fraction of sp³-hybridized carbons (Fsp3) is 0.211. The lowest BCUT2D eigenvalue weighted by Crippen LogP contribution is -2.09. The van der Waals surface area contributed by atoms with E-state index in [0.29, 0.717) is 18.1 Å². The van der Waals surface area contributed by atoms with Gasteiger partial charge in [-0.25, -0.2) is 4.39 Å². The number of hydrogen-bond donors (Lipinski definition) is 1. The highest BCUT2D eigenvalue weighted by Crippen LogP contribution is 2.28. The Bertz CT molecular complexity index is 777. The summed E-state index contributed by atoms with van der Waals surface area (Å²) in [6, 6.07) is 9.76. The minimum Gasteiger partial charge on any atom is -0.493 e. The van der Waals surface area contributed by atoms with Gasteiger partial charge in [-0.15, -0.1) is 0 Å². The number of hydrogen-bond acceptors (Lipinski definition) is 3. The van der Waals surface area contributed by atoms with Crippen LogP contribution in [0, 0.1) is 5.82 Å². The van der Waals surface area contributed by atoms with Crippen molar-refractivity contribution in [2.24, 2.45) is 0 Å². The fourth-order valence-electron chi connectivity index (χ4n) is 2.07. The van der Waals surface area contributed by atoms with Crippen LogP contribution in [0.15, 0.2) is 42.5 Å². The van der Waals surface area contributed by atoms with Crippen molar-refractivity contribution >= 4 is 29.3 Å². The number of carbonyl (C=O) groups is 1. The topological polar surface area (TPSA) is 47.6 Å². The SMILES string of the molecule is CCCOc1ccc(/C=C/C(=O)Nc2cccc(Cl)c2F)cc1OC. The van der Waals surface area contributed by atoms with Crippen LogP contribution < -0.4 is 14.8 Å². The molecular weight excluding hydrogens is 345 g/mol. The molecule has 2 rings (SSSR count). The summed E-state index contributed by atoms with van der Waals surface area (Å²) in [4.78, 5) is 11.9. The van der Waals surface area contributed by atoms with Crippen molar-refractivity contribution in [1.82, 2.24) is 0 Å². The van der Waals surface area contributed by atoms with E-state index in [1.807, 2.05) is 6.92 Å². The first-order chi connectivity index (χ1) is 12.0. The lowest BCUT2D eigenvalue weighted by atomic mass is 10.2. The van der Waals surface area contributed by atoms with E-state index in [9.17, 15) is 9.18 Å². The molecule has 2 aromatic rings. The molecule has 1 N–H and O–H groups in total. The molecule has 0 unspecified atom stereocenters. The third-order valence-corrected chi connectivity index (χ3v) is 3.58. The maximum absolute atomic E-state index is 13.8. The van der Waals surface area contributed by atoms with E-state index in [0.717, 1.165) is 12.0 Å². The number of methoxy groups -OCH3 is 1. The highest BCUT2D eigenvalue weighted by molar-refractivity contribution is 6.31. The van der Waals surface area contributed by atoms with Crippen LogP contribution in [0.2, 0.25) is 5.02 Å². The van der Waals surface area contributed by atoms with E-state index in [-0.39, 0.29) is 10.7 Å². The van der Waals surface area contributed by atoms with Gasteiger partial charge in [-0.2, -0.15) is 0 Å². The molecule has 132 valence electrons. The van der Waals surface area contributed by atoms with Crippen molar-refractivity contribution in [1.29, 1.82) is 0 Å². The smallest absolute Gasteiger partial charge is 0.248 e. The molecular formula is C19H19ClFNO3. The highest BCUT2D eigenvalue weighted by atomic mass is 35.5. The number of rotatable bonds is 7. The highest BCUT2D eigenvalue weighted by Gasteiger charge is 2.08. The monoisotopic (exact) mass is 363 g/mol. The predicted octanol–water partition coefficient (Wildman–Crippen LogP) is 4.93.